The van der Waals surface area contributed by atoms with Gasteiger partial charge in [0.05, 0.1) is 28.1 Å². The molecule has 0 spiro atoms. The third kappa shape index (κ3) is 5.82. The van der Waals surface area contributed by atoms with Crippen LogP contribution in [-0.2, 0) is 6.54 Å². The summed E-state index contributed by atoms with van der Waals surface area (Å²) >= 11 is 7.25. The minimum atomic E-state index is -0.412. The molecule has 4 aromatic rings. The number of hydrogen-bond acceptors (Lipinski definition) is 6. The third-order valence-electron chi connectivity index (χ3n) is 6.36. The van der Waals surface area contributed by atoms with Gasteiger partial charge in [-0.25, -0.2) is 4.39 Å². The van der Waals surface area contributed by atoms with E-state index in [0.29, 0.717) is 44.0 Å². The number of carbonyl (C=O) groups excluding carboxylic acids is 1. The summed E-state index contributed by atoms with van der Waals surface area (Å²) in [4.78, 5) is 22.8. The number of ether oxygens (including phenoxy) is 1. The molecule has 0 bridgehead atoms. The van der Waals surface area contributed by atoms with Gasteiger partial charge in [0, 0.05) is 56.1 Å². The van der Waals surface area contributed by atoms with Gasteiger partial charge in [0.15, 0.2) is 0 Å². The summed E-state index contributed by atoms with van der Waals surface area (Å²) in [7, 11) is 1.57. The van der Waals surface area contributed by atoms with Crippen LogP contribution in [-0.4, -0.2) is 54.0 Å². The van der Waals surface area contributed by atoms with Crippen LogP contribution in [0.4, 0.5) is 10.1 Å². The fraction of sp³-hybridized carbons (Fsp3) is 0.214. The van der Waals surface area contributed by atoms with Crippen molar-refractivity contribution < 1.29 is 13.9 Å². The van der Waals surface area contributed by atoms with Crippen molar-refractivity contribution in [2.45, 2.75) is 11.4 Å². The Morgan fingerprint density at radius 2 is 1.89 bits per heavy atom. The van der Waals surface area contributed by atoms with Gasteiger partial charge < -0.3 is 14.4 Å². The second kappa shape index (κ2) is 11.4. The maximum atomic E-state index is 13.8. The number of pyridine rings is 1. The number of methoxy groups -OCH3 is 1. The fourth-order valence-corrected chi connectivity index (χ4v) is 5.27. The van der Waals surface area contributed by atoms with Crippen molar-refractivity contribution in [1.29, 1.82) is 0 Å². The van der Waals surface area contributed by atoms with Crippen LogP contribution in [0.25, 0.3) is 10.9 Å². The predicted octanol–water partition coefficient (Wildman–Crippen LogP) is 6.11. The minimum absolute atomic E-state index is 0.0634. The van der Waals surface area contributed by atoms with Crippen molar-refractivity contribution in [3.05, 3.63) is 94.9 Å². The Kier molecular flexibility index (Phi) is 7.79. The molecule has 5 rings (SSSR count). The van der Waals surface area contributed by atoms with E-state index in [1.807, 2.05) is 53.4 Å². The monoisotopic (exact) mass is 536 g/mol. The van der Waals surface area contributed by atoms with Gasteiger partial charge in [-0.05, 0) is 53.9 Å². The third-order valence-corrected chi connectivity index (χ3v) is 7.55. The van der Waals surface area contributed by atoms with Crippen molar-refractivity contribution in [3.63, 3.8) is 0 Å². The van der Waals surface area contributed by atoms with E-state index in [1.165, 1.54) is 18.0 Å². The first-order valence-corrected chi connectivity index (χ1v) is 13.1. The summed E-state index contributed by atoms with van der Waals surface area (Å²) in [5.41, 5.74) is 3.15. The molecule has 3 aromatic carbocycles. The summed E-state index contributed by atoms with van der Waals surface area (Å²) in [6.45, 7) is 3.19. The number of nitrogens with one attached hydrogen (secondary N) is 1. The number of aromatic nitrogens is 1. The van der Waals surface area contributed by atoms with Crippen LogP contribution in [0.5, 0.6) is 5.75 Å². The number of nitrogens with zero attached hydrogens (tertiary/aromatic N) is 3. The molecule has 2 heterocycles. The van der Waals surface area contributed by atoms with Crippen LogP contribution in [0.1, 0.15) is 15.9 Å². The lowest BCUT2D eigenvalue weighted by Gasteiger charge is -2.35. The number of benzene rings is 3. The summed E-state index contributed by atoms with van der Waals surface area (Å²) in [5.74, 6) is 0.0439. The Bertz CT molecular complexity index is 1420. The average Bonchev–Trinajstić information content (AvgIpc) is 2.93. The minimum Gasteiger partial charge on any atom is -0.496 e. The van der Waals surface area contributed by atoms with E-state index < -0.39 is 5.82 Å². The van der Waals surface area contributed by atoms with Crippen molar-refractivity contribution >= 4 is 46.0 Å². The molecule has 0 unspecified atom stereocenters. The highest BCUT2D eigenvalue weighted by atomic mass is 35.5. The lowest BCUT2D eigenvalue weighted by atomic mass is 10.1. The second-order valence-electron chi connectivity index (χ2n) is 8.77. The summed E-state index contributed by atoms with van der Waals surface area (Å²) in [6, 6.07) is 20.4. The van der Waals surface area contributed by atoms with E-state index in [4.69, 9.17) is 16.3 Å². The molecule has 0 radical (unpaired) electrons. The largest absolute Gasteiger partial charge is 0.496 e. The van der Waals surface area contributed by atoms with E-state index in [9.17, 15) is 9.18 Å². The number of halogens is 2. The molecule has 1 N–H and O–H groups in total. The standard InChI is InChI=1S/C28H26ClFN4O2S/c1-36-25-17-21(32-37-26-6-2-4-20-5-3-11-31-27(20)26)8-9-22(25)28(35)34-14-12-33(13-15-34)18-19-7-10-23(29)24(30)16-19/h2-11,16-17,32H,12-15,18H2,1H3. The van der Waals surface area contributed by atoms with Crippen LogP contribution in [0.2, 0.25) is 5.02 Å². The van der Waals surface area contributed by atoms with Crippen LogP contribution < -0.4 is 9.46 Å². The zero-order valence-electron chi connectivity index (χ0n) is 20.3. The molecule has 9 heteroatoms. The van der Waals surface area contributed by atoms with Crippen molar-refractivity contribution in [2.75, 3.05) is 38.0 Å². The van der Waals surface area contributed by atoms with Gasteiger partial charge in [-0.3, -0.25) is 14.7 Å². The van der Waals surface area contributed by atoms with Gasteiger partial charge in [0.2, 0.25) is 0 Å². The molecule has 1 fully saturated rings. The number of amides is 1. The lowest BCUT2D eigenvalue weighted by Crippen LogP contribution is -2.48. The Morgan fingerprint density at radius 1 is 1.08 bits per heavy atom. The predicted molar refractivity (Wildman–Crippen MR) is 147 cm³/mol. The average molecular weight is 537 g/mol. The maximum absolute atomic E-state index is 13.8. The SMILES string of the molecule is COc1cc(NSc2cccc3cccnc23)ccc1C(=O)N1CCN(Cc2ccc(Cl)c(F)c2)CC1. The van der Waals surface area contributed by atoms with Crippen molar-refractivity contribution in [1.82, 2.24) is 14.8 Å². The van der Waals surface area contributed by atoms with Gasteiger partial charge in [-0.2, -0.15) is 0 Å². The number of carbonyl (C=O) groups is 1. The molecule has 37 heavy (non-hydrogen) atoms. The van der Waals surface area contributed by atoms with Crippen molar-refractivity contribution in [3.8, 4) is 5.75 Å². The van der Waals surface area contributed by atoms with Gasteiger partial charge in [-0.15, -0.1) is 0 Å². The molecule has 1 aliphatic heterocycles. The first kappa shape index (κ1) is 25.3. The van der Waals surface area contributed by atoms with Gasteiger partial charge in [0.1, 0.15) is 11.6 Å². The second-order valence-corrected chi connectivity index (χ2v) is 10.0. The number of hydrogen-bond donors (Lipinski definition) is 1. The van der Waals surface area contributed by atoms with Crippen LogP contribution >= 0.6 is 23.5 Å². The summed E-state index contributed by atoms with van der Waals surface area (Å²) in [5, 5.41) is 1.20. The molecular weight excluding hydrogens is 511 g/mol. The molecule has 0 atom stereocenters. The normalized spacial score (nSPS) is 14.1. The summed E-state index contributed by atoms with van der Waals surface area (Å²) < 4.78 is 22.7. The van der Waals surface area contributed by atoms with Crippen molar-refractivity contribution in [2.24, 2.45) is 0 Å². The van der Waals surface area contributed by atoms with Crippen LogP contribution in [0.15, 0.2) is 77.8 Å². The Hall–Kier alpha value is -3.33. The van der Waals surface area contributed by atoms with Gasteiger partial charge >= 0.3 is 0 Å². The van der Waals surface area contributed by atoms with E-state index in [1.54, 1.807) is 25.4 Å². The van der Waals surface area contributed by atoms with E-state index in [0.717, 1.165) is 27.0 Å². The first-order valence-electron chi connectivity index (χ1n) is 11.9. The molecule has 0 saturated carbocycles. The molecule has 1 amide bonds. The zero-order chi connectivity index (χ0) is 25.8. The molecule has 6 nitrogen and oxygen atoms in total. The first-order chi connectivity index (χ1) is 18.0. The molecule has 0 aliphatic carbocycles. The van der Waals surface area contributed by atoms with E-state index in [2.05, 4.69) is 14.6 Å². The Balaban J connectivity index is 1.21. The molecule has 190 valence electrons. The quantitative estimate of drug-likeness (QED) is 0.287. The number of rotatable bonds is 7. The number of para-hydroxylation sites is 1. The highest BCUT2D eigenvalue weighted by molar-refractivity contribution is 8.00. The number of anilines is 1. The van der Waals surface area contributed by atoms with Gasteiger partial charge in [-0.1, -0.05) is 35.9 Å². The highest BCUT2D eigenvalue weighted by Gasteiger charge is 2.24. The van der Waals surface area contributed by atoms with E-state index in [-0.39, 0.29) is 10.9 Å². The Morgan fingerprint density at radius 3 is 2.68 bits per heavy atom. The molecule has 1 aliphatic rings. The fourth-order valence-electron chi connectivity index (χ4n) is 4.38. The van der Waals surface area contributed by atoms with E-state index >= 15 is 0 Å². The number of fused-ring (bicyclic) bond motifs is 1. The summed E-state index contributed by atoms with van der Waals surface area (Å²) in [6.07, 6.45) is 1.78. The molecular formula is C28H26ClFN4O2S. The highest BCUT2D eigenvalue weighted by Crippen LogP contribution is 2.31. The smallest absolute Gasteiger partial charge is 0.257 e. The van der Waals surface area contributed by atoms with Gasteiger partial charge in [0.25, 0.3) is 5.91 Å². The zero-order valence-corrected chi connectivity index (χ0v) is 21.9. The topological polar surface area (TPSA) is 57.7 Å². The molecule has 1 saturated heterocycles. The van der Waals surface area contributed by atoms with Crippen LogP contribution in [0.3, 0.4) is 0 Å². The Labute approximate surface area is 224 Å². The number of piperazine rings is 1. The maximum Gasteiger partial charge on any atom is 0.257 e. The lowest BCUT2D eigenvalue weighted by molar-refractivity contribution is 0.0625. The van der Waals surface area contributed by atoms with Crippen LogP contribution in [0, 0.1) is 5.82 Å². The molecule has 1 aromatic heterocycles.